The summed E-state index contributed by atoms with van der Waals surface area (Å²) in [7, 11) is 0. The fourth-order valence-electron chi connectivity index (χ4n) is 1.97. The maximum Gasteiger partial charge on any atom is 0.325 e. The predicted molar refractivity (Wildman–Crippen MR) is 66.9 cm³/mol. The van der Waals surface area contributed by atoms with E-state index in [0.717, 1.165) is 6.42 Å². The lowest BCUT2D eigenvalue weighted by Gasteiger charge is -2.33. The molecule has 0 bridgehead atoms. The van der Waals surface area contributed by atoms with Gasteiger partial charge in [-0.2, -0.15) is 0 Å². The molecule has 0 aliphatic rings. The molecule has 5 nitrogen and oxygen atoms in total. The Labute approximate surface area is 103 Å². The van der Waals surface area contributed by atoms with Crippen LogP contribution >= 0.6 is 0 Å². The predicted octanol–water partition coefficient (Wildman–Crippen LogP) is 1.97. The zero-order chi connectivity index (χ0) is 13.9. The molecule has 0 aromatic carbocycles. The van der Waals surface area contributed by atoms with E-state index in [1.54, 1.807) is 0 Å². The molecular weight excluding hydrogens is 220 g/mol. The molecule has 0 aliphatic carbocycles. The Morgan fingerprint density at radius 3 is 2.00 bits per heavy atom. The number of carboxylic acid groups (broad SMARTS) is 1. The summed E-state index contributed by atoms with van der Waals surface area (Å²) in [5.74, 6) is -1.05. The number of carboxylic acids is 1. The molecule has 2 amide bonds. The van der Waals surface area contributed by atoms with Gasteiger partial charge in [-0.1, -0.05) is 20.8 Å². The van der Waals surface area contributed by atoms with Crippen molar-refractivity contribution in [2.45, 2.75) is 59.5 Å². The molecule has 0 aromatic rings. The minimum Gasteiger partial charge on any atom is -0.480 e. The van der Waals surface area contributed by atoms with Gasteiger partial charge in [0.05, 0.1) is 0 Å². The third-order valence-electron chi connectivity index (χ3n) is 2.14. The van der Waals surface area contributed by atoms with Crippen LogP contribution in [-0.2, 0) is 4.79 Å². The molecule has 1 atom stereocenters. The van der Waals surface area contributed by atoms with Gasteiger partial charge in [0.2, 0.25) is 0 Å². The van der Waals surface area contributed by atoms with E-state index in [1.165, 1.54) is 6.92 Å². The second kappa shape index (κ2) is 5.38. The molecule has 0 spiro atoms. The molecule has 0 aliphatic heterocycles. The first-order chi connectivity index (χ1) is 7.43. The van der Waals surface area contributed by atoms with Crippen molar-refractivity contribution in [1.29, 1.82) is 0 Å². The lowest BCUT2D eigenvalue weighted by atomic mass is 9.82. The standard InChI is InChI=1S/C12H24N2O3/c1-8(9(15)16)13-10(17)14-12(5,6)7-11(2,3)4/h8H,7H2,1-6H3,(H,15,16)(H2,13,14,17)/t8-/m0/s1. The van der Waals surface area contributed by atoms with E-state index >= 15 is 0 Å². The minimum atomic E-state index is -1.05. The van der Waals surface area contributed by atoms with Crippen LogP contribution in [0.15, 0.2) is 0 Å². The van der Waals surface area contributed by atoms with Crippen LogP contribution in [0, 0.1) is 5.41 Å². The summed E-state index contributed by atoms with van der Waals surface area (Å²) in [6.45, 7) is 11.5. The smallest absolute Gasteiger partial charge is 0.325 e. The van der Waals surface area contributed by atoms with E-state index in [2.05, 4.69) is 31.4 Å². The Hall–Kier alpha value is -1.26. The second-order valence-electron chi connectivity index (χ2n) is 6.28. The minimum absolute atomic E-state index is 0.0925. The van der Waals surface area contributed by atoms with Crippen molar-refractivity contribution < 1.29 is 14.7 Å². The number of nitrogens with one attached hydrogen (secondary N) is 2. The zero-order valence-corrected chi connectivity index (χ0v) is 11.5. The molecule has 100 valence electrons. The van der Waals surface area contributed by atoms with Gasteiger partial charge in [0.25, 0.3) is 0 Å². The van der Waals surface area contributed by atoms with Gasteiger partial charge in [-0.25, -0.2) is 4.79 Å². The van der Waals surface area contributed by atoms with Crippen LogP contribution in [0.4, 0.5) is 4.79 Å². The van der Waals surface area contributed by atoms with Gasteiger partial charge >= 0.3 is 12.0 Å². The molecular formula is C12H24N2O3. The SMILES string of the molecule is C[C@H](NC(=O)NC(C)(C)CC(C)(C)C)C(=O)O. The van der Waals surface area contributed by atoms with Gasteiger partial charge < -0.3 is 15.7 Å². The van der Waals surface area contributed by atoms with E-state index in [1.807, 2.05) is 13.8 Å². The molecule has 0 fully saturated rings. The summed E-state index contributed by atoms with van der Waals surface area (Å²) >= 11 is 0. The van der Waals surface area contributed by atoms with Crippen LogP contribution in [0.3, 0.4) is 0 Å². The van der Waals surface area contributed by atoms with Gasteiger partial charge in [-0.3, -0.25) is 4.79 Å². The monoisotopic (exact) mass is 244 g/mol. The van der Waals surface area contributed by atoms with E-state index in [9.17, 15) is 9.59 Å². The highest BCUT2D eigenvalue weighted by Crippen LogP contribution is 2.26. The Morgan fingerprint density at radius 1 is 1.18 bits per heavy atom. The Kier molecular flexibility index (Phi) is 4.98. The Bertz CT molecular complexity index is 293. The maximum atomic E-state index is 11.6. The van der Waals surface area contributed by atoms with Crippen LogP contribution in [0.1, 0.15) is 48.0 Å². The second-order valence-corrected chi connectivity index (χ2v) is 6.28. The highest BCUT2D eigenvalue weighted by Gasteiger charge is 2.27. The van der Waals surface area contributed by atoms with Crippen molar-refractivity contribution in [2.75, 3.05) is 0 Å². The number of hydrogen-bond donors (Lipinski definition) is 3. The fourth-order valence-corrected chi connectivity index (χ4v) is 1.97. The number of rotatable bonds is 4. The van der Waals surface area contributed by atoms with Gasteiger partial charge in [0.1, 0.15) is 6.04 Å². The summed E-state index contributed by atoms with van der Waals surface area (Å²) in [6, 6.07) is -1.34. The lowest BCUT2D eigenvalue weighted by Crippen LogP contribution is -2.53. The Morgan fingerprint density at radius 2 is 1.65 bits per heavy atom. The van der Waals surface area contributed by atoms with E-state index < -0.39 is 18.0 Å². The summed E-state index contributed by atoms with van der Waals surface area (Å²) in [5, 5.41) is 13.8. The largest absolute Gasteiger partial charge is 0.480 e. The molecule has 0 rings (SSSR count). The molecule has 0 saturated carbocycles. The number of carbonyl (C=O) groups excluding carboxylic acids is 1. The number of carbonyl (C=O) groups is 2. The molecule has 0 unspecified atom stereocenters. The molecule has 3 N–H and O–H groups in total. The summed E-state index contributed by atoms with van der Waals surface area (Å²) in [5.41, 5.74) is -0.282. The number of urea groups is 1. The Balaban J connectivity index is 4.33. The summed E-state index contributed by atoms with van der Waals surface area (Å²) in [4.78, 5) is 22.2. The third-order valence-corrected chi connectivity index (χ3v) is 2.14. The van der Waals surface area contributed by atoms with Crippen LogP contribution in [0.2, 0.25) is 0 Å². The molecule has 0 aromatic heterocycles. The average Bonchev–Trinajstić information content (AvgIpc) is 1.96. The van der Waals surface area contributed by atoms with Crippen LogP contribution < -0.4 is 10.6 Å². The van der Waals surface area contributed by atoms with Gasteiger partial charge in [0, 0.05) is 5.54 Å². The highest BCUT2D eigenvalue weighted by molar-refractivity contribution is 5.82. The topological polar surface area (TPSA) is 78.4 Å². The van der Waals surface area contributed by atoms with Crippen molar-refractivity contribution >= 4 is 12.0 Å². The van der Waals surface area contributed by atoms with Gasteiger partial charge in [-0.15, -0.1) is 0 Å². The molecule has 0 radical (unpaired) electrons. The molecule has 5 heteroatoms. The molecule has 17 heavy (non-hydrogen) atoms. The molecule has 0 saturated heterocycles. The maximum absolute atomic E-state index is 11.6. The summed E-state index contributed by atoms with van der Waals surface area (Å²) < 4.78 is 0. The van der Waals surface area contributed by atoms with Crippen molar-refractivity contribution in [3.63, 3.8) is 0 Å². The van der Waals surface area contributed by atoms with E-state index in [4.69, 9.17) is 5.11 Å². The first-order valence-electron chi connectivity index (χ1n) is 5.74. The first kappa shape index (κ1) is 15.7. The average molecular weight is 244 g/mol. The van der Waals surface area contributed by atoms with Gasteiger partial charge in [0.15, 0.2) is 0 Å². The first-order valence-corrected chi connectivity index (χ1v) is 5.74. The lowest BCUT2D eigenvalue weighted by molar-refractivity contribution is -0.138. The number of hydrogen-bond acceptors (Lipinski definition) is 2. The van der Waals surface area contributed by atoms with Gasteiger partial charge in [-0.05, 0) is 32.6 Å². The van der Waals surface area contributed by atoms with Crippen molar-refractivity contribution in [3.8, 4) is 0 Å². The van der Waals surface area contributed by atoms with E-state index in [0.29, 0.717) is 0 Å². The zero-order valence-electron chi connectivity index (χ0n) is 11.5. The summed E-state index contributed by atoms with van der Waals surface area (Å²) in [6.07, 6.45) is 0.800. The molecule has 0 heterocycles. The normalized spacial score (nSPS) is 14.0. The van der Waals surface area contributed by atoms with Crippen LogP contribution in [0.5, 0.6) is 0 Å². The number of aliphatic carboxylic acids is 1. The highest BCUT2D eigenvalue weighted by atomic mass is 16.4. The van der Waals surface area contributed by atoms with Crippen molar-refractivity contribution in [1.82, 2.24) is 10.6 Å². The quantitative estimate of drug-likeness (QED) is 0.707. The third kappa shape index (κ3) is 7.60. The van der Waals surface area contributed by atoms with E-state index in [-0.39, 0.29) is 11.0 Å². The van der Waals surface area contributed by atoms with Crippen molar-refractivity contribution in [2.24, 2.45) is 5.41 Å². The van der Waals surface area contributed by atoms with Crippen molar-refractivity contribution in [3.05, 3.63) is 0 Å². The fraction of sp³-hybridized carbons (Fsp3) is 0.833. The number of amides is 2. The van der Waals surface area contributed by atoms with Crippen LogP contribution in [0.25, 0.3) is 0 Å². The van der Waals surface area contributed by atoms with Crippen LogP contribution in [-0.4, -0.2) is 28.7 Å².